The van der Waals surface area contributed by atoms with E-state index >= 15 is 0 Å². The largest absolute Gasteiger partial charge is 0.394 e. The molecule has 15 nitrogen and oxygen atoms in total. The summed E-state index contributed by atoms with van der Waals surface area (Å²) < 4.78 is 37.8. The van der Waals surface area contributed by atoms with Crippen molar-refractivity contribution in [2.24, 2.45) is 0 Å². The first kappa shape index (κ1) is 26.4. The lowest BCUT2D eigenvalue weighted by molar-refractivity contribution is -0.0521. The van der Waals surface area contributed by atoms with Crippen LogP contribution in [0.1, 0.15) is 30.9 Å². The minimum atomic E-state index is -3.75. The van der Waals surface area contributed by atoms with Crippen molar-refractivity contribution in [3.63, 3.8) is 0 Å². The number of aliphatic hydroxyl groups excluding tert-OH is 2. The van der Waals surface area contributed by atoms with E-state index in [1.165, 1.54) is 41.2 Å². The van der Waals surface area contributed by atoms with Gasteiger partial charge in [-0.1, -0.05) is 0 Å². The normalized spacial score (nSPS) is 29.9. The lowest BCUT2D eigenvalue weighted by Gasteiger charge is -2.23. The SMILES string of the molecule is Cc1cn([C@H]2C[C@H](OP(C)(=O)OC[C@H]3O[C@@H](n4ccc(N)nc4=O)C[C@@H]3O)[C@@H](CO)O2)c(=O)[nH]c1=O. The summed E-state index contributed by atoms with van der Waals surface area (Å²) in [6.45, 7) is 1.97. The summed E-state index contributed by atoms with van der Waals surface area (Å²) in [5.41, 5.74) is 3.92. The van der Waals surface area contributed by atoms with Crippen LogP contribution in [0.5, 0.6) is 0 Å². The Labute approximate surface area is 203 Å². The minimum Gasteiger partial charge on any atom is -0.394 e. The fourth-order valence-corrected chi connectivity index (χ4v) is 5.30. The van der Waals surface area contributed by atoms with E-state index in [0.717, 1.165) is 0 Å². The molecular weight excluding hydrogens is 501 g/mol. The number of anilines is 1. The molecule has 198 valence electrons. The Morgan fingerprint density at radius 1 is 1.22 bits per heavy atom. The number of aromatic amines is 1. The molecule has 2 saturated heterocycles. The third-order valence-corrected chi connectivity index (χ3v) is 7.25. The third-order valence-electron chi connectivity index (χ3n) is 5.98. The topological polar surface area (TPSA) is 210 Å². The van der Waals surface area contributed by atoms with Crippen LogP contribution in [0.25, 0.3) is 0 Å². The zero-order chi connectivity index (χ0) is 26.2. The molecule has 0 amide bonds. The van der Waals surface area contributed by atoms with Crippen molar-refractivity contribution in [1.29, 1.82) is 0 Å². The molecule has 16 heteroatoms. The number of nitrogens with two attached hydrogens (primary N) is 1. The third kappa shape index (κ3) is 5.67. The summed E-state index contributed by atoms with van der Waals surface area (Å²) in [6, 6.07) is 1.42. The first-order valence-electron chi connectivity index (χ1n) is 11.1. The maximum atomic E-state index is 13.0. The van der Waals surface area contributed by atoms with Gasteiger partial charge in [-0.25, -0.2) is 9.59 Å². The van der Waals surface area contributed by atoms with Gasteiger partial charge in [-0.05, 0) is 13.0 Å². The van der Waals surface area contributed by atoms with E-state index in [-0.39, 0.29) is 30.8 Å². The Hall–Kier alpha value is -2.65. The molecule has 0 aliphatic carbocycles. The highest BCUT2D eigenvalue weighted by atomic mass is 31.2. The molecule has 2 aromatic rings. The number of rotatable bonds is 8. The monoisotopic (exact) mass is 529 g/mol. The molecule has 7 atom stereocenters. The maximum Gasteiger partial charge on any atom is 0.351 e. The summed E-state index contributed by atoms with van der Waals surface area (Å²) in [7, 11) is -3.75. The van der Waals surface area contributed by atoms with Crippen LogP contribution in [0.15, 0.2) is 32.8 Å². The molecule has 1 unspecified atom stereocenters. The van der Waals surface area contributed by atoms with E-state index in [2.05, 4.69) is 9.97 Å². The fourth-order valence-electron chi connectivity index (χ4n) is 4.11. The van der Waals surface area contributed by atoms with E-state index < -0.39 is 68.0 Å². The van der Waals surface area contributed by atoms with E-state index in [4.69, 9.17) is 24.3 Å². The van der Waals surface area contributed by atoms with E-state index in [1.807, 2.05) is 0 Å². The number of ether oxygens (including phenoxy) is 2. The van der Waals surface area contributed by atoms with Crippen LogP contribution in [0.4, 0.5) is 5.82 Å². The number of aliphatic hydroxyl groups is 2. The molecule has 2 aliphatic rings. The molecule has 0 spiro atoms. The van der Waals surface area contributed by atoms with Crippen LogP contribution in [0.3, 0.4) is 0 Å². The van der Waals surface area contributed by atoms with Crippen molar-refractivity contribution in [1.82, 2.24) is 19.1 Å². The Morgan fingerprint density at radius 3 is 2.61 bits per heavy atom. The molecule has 0 saturated carbocycles. The summed E-state index contributed by atoms with van der Waals surface area (Å²) in [6.07, 6.45) is -2.54. The first-order chi connectivity index (χ1) is 17.0. The number of hydrogen-bond donors (Lipinski definition) is 4. The van der Waals surface area contributed by atoms with Gasteiger partial charge in [0.15, 0.2) is 0 Å². The van der Waals surface area contributed by atoms with Crippen LogP contribution in [0.2, 0.25) is 0 Å². The van der Waals surface area contributed by atoms with Crippen molar-refractivity contribution in [2.45, 2.75) is 56.6 Å². The van der Waals surface area contributed by atoms with E-state index in [9.17, 15) is 29.2 Å². The Kier molecular flexibility index (Phi) is 7.61. The standard InChI is InChI=1S/C20H28N5O10P/c1-10-7-25(20(30)23-18(10)28)17-6-12(13(8-26)33-17)35-36(2,31)32-9-14-11(27)5-16(34-14)24-4-3-15(21)22-19(24)29/h3-4,7,11-14,16-17,26-27H,5-6,8-9H2,1-2H3,(H2,21,22,29)(H,23,28,30)/t11-,12-,13+,14+,16+,17+,36?/m0/s1. The van der Waals surface area contributed by atoms with Crippen molar-refractivity contribution in [3.8, 4) is 0 Å². The van der Waals surface area contributed by atoms with Gasteiger partial charge >= 0.3 is 19.0 Å². The van der Waals surface area contributed by atoms with Crippen molar-refractivity contribution in [3.05, 3.63) is 55.3 Å². The molecule has 0 radical (unpaired) electrons. The molecule has 2 aliphatic heterocycles. The van der Waals surface area contributed by atoms with Crippen molar-refractivity contribution in [2.75, 3.05) is 25.6 Å². The molecule has 2 aromatic heterocycles. The van der Waals surface area contributed by atoms with Gasteiger partial charge in [-0.15, -0.1) is 0 Å². The van der Waals surface area contributed by atoms with Crippen molar-refractivity contribution < 1.29 is 33.3 Å². The number of aryl methyl sites for hydroxylation is 1. The lowest BCUT2D eigenvalue weighted by atomic mass is 10.2. The summed E-state index contributed by atoms with van der Waals surface area (Å²) >= 11 is 0. The van der Waals surface area contributed by atoms with Gasteiger partial charge in [0.2, 0.25) is 0 Å². The predicted octanol–water partition coefficient (Wildman–Crippen LogP) is -1.16. The molecule has 4 rings (SSSR count). The van der Waals surface area contributed by atoms with Crippen LogP contribution >= 0.6 is 7.60 Å². The second kappa shape index (κ2) is 10.4. The van der Waals surface area contributed by atoms with Gasteiger partial charge in [-0.3, -0.25) is 23.5 Å². The van der Waals surface area contributed by atoms with Crippen molar-refractivity contribution >= 4 is 13.4 Å². The highest BCUT2D eigenvalue weighted by Gasteiger charge is 2.42. The average Bonchev–Trinajstić information content (AvgIpc) is 3.37. The minimum absolute atomic E-state index is 0.0511. The lowest BCUT2D eigenvalue weighted by Crippen LogP contribution is -2.33. The van der Waals surface area contributed by atoms with E-state index in [1.54, 1.807) is 0 Å². The number of H-pyrrole nitrogens is 1. The fraction of sp³-hybridized carbons (Fsp3) is 0.600. The van der Waals surface area contributed by atoms with Crippen LogP contribution in [0, 0.1) is 6.92 Å². The quantitative estimate of drug-likeness (QED) is 0.298. The summed E-state index contributed by atoms with van der Waals surface area (Å²) in [5, 5.41) is 20.1. The van der Waals surface area contributed by atoms with E-state index in [0.29, 0.717) is 0 Å². The summed E-state index contributed by atoms with van der Waals surface area (Å²) in [5.74, 6) is 0.0543. The van der Waals surface area contributed by atoms with Gasteiger partial charge in [0, 0.05) is 37.5 Å². The maximum absolute atomic E-state index is 13.0. The van der Waals surface area contributed by atoms with Crippen LogP contribution < -0.4 is 22.7 Å². The second-order valence-corrected chi connectivity index (χ2v) is 10.7. The molecule has 0 aromatic carbocycles. The Balaban J connectivity index is 1.38. The zero-order valence-electron chi connectivity index (χ0n) is 19.6. The number of nitrogen functional groups attached to an aromatic ring is 1. The molecule has 0 bridgehead atoms. The van der Waals surface area contributed by atoms with Gasteiger partial charge in [0.25, 0.3) is 5.56 Å². The number of nitrogens with one attached hydrogen (secondary N) is 1. The van der Waals surface area contributed by atoms with Crippen LogP contribution in [-0.2, 0) is 23.1 Å². The first-order valence-corrected chi connectivity index (χ1v) is 13.1. The summed E-state index contributed by atoms with van der Waals surface area (Å²) in [4.78, 5) is 41.7. The molecular formula is C20H28N5O10P. The van der Waals surface area contributed by atoms with Gasteiger partial charge < -0.3 is 34.5 Å². The second-order valence-electron chi connectivity index (χ2n) is 8.71. The average molecular weight is 529 g/mol. The highest BCUT2D eigenvalue weighted by molar-refractivity contribution is 7.53. The Morgan fingerprint density at radius 2 is 1.92 bits per heavy atom. The molecule has 4 heterocycles. The smallest absolute Gasteiger partial charge is 0.351 e. The zero-order valence-corrected chi connectivity index (χ0v) is 20.4. The molecule has 2 fully saturated rings. The van der Waals surface area contributed by atoms with Gasteiger partial charge in [0.05, 0.1) is 25.4 Å². The molecule has 36 heavy (non-hydrogen) atoms. The van der Waals surface area contributed by atoms with Gasteiger partial charge in [0.1, 0.15) is 30.5 Å². The Bertz CT molecular complexity index is 1320. The predicted molar refractivity (Wildman–Crippen MR) is 123 cm³/mol. The number of nitrogens with zero attached hydrogens (tertiary/aromatic N) is 3. The number of aromatic nitrogens is 4. The van der Waals surface area contributed by atoms with Gasteiger partial charge in [-0.2, -0.15) is 4.98 Å². The van der Waals surface area contributed by atoms with Crippen LogP contribution in [-0.4, -0.2) is 73.6 Å². The highest BCUT2D eigenvalue weighted by Crippen LogP contribution is 2.49. The number of hydrogen-bond acceptors (Lipinski definition) is 12. The molecule has 5 N–H and O–H groups in total.